The predicted molar refractivity (Wildman–Crippen MR) is 124 cm³/mol. The van der Waals surface area contributed by atoms with Gasteiger partial charge in [0.15, 0.2) is 5.17 Å². The van der Waals surface area contributed by atoms with Crippen LogP contribution >= 0.6 is 11.8 Å². The molecule has 5 nitrogen and oxygen atoms in total. The van der Waals surface area contributed by atoms with Crippen LogP contribution in [0.25, 0.3) is 10.8 Å². The molecule has 3 aromatic rings. The molecule has 0 spiro atoms. The molecule has 0 aromatic heterocycles. The molecule has 0 bridgehead atoms. The first-order valence-electron chi connectivity index (χ1n) is 9.66. The lowest BCUT2D eigenvalue weighted by molar-refractivity contribution is -0.127. The van der Waals surface area contributed by atoms with E-state index in [0.717, 1.165) is 16.5 Å². The van der Waals surface area contributed by atoms with Crippen LogP contribution < -0.4 is 5.32 Å². The van der Waals surface area contributed by atoms with Crippen LogP contribution in [0.5, 0.6) is 0 Å². The Labute approximate surface area is 179 Å². The minimum absolute atomic E-state index is 0.0839. The number of fused-ring (bicyclic) bond motifs is 1. The van der Waals surface area contributed by atoms with Gasteiger partial charge in [0.25, 0.3) is 0 Å². The number of benzene rings is 3. The Morgan fingerprint density at radius 2 is 1.80 bits per heavy atom. The van der Waals surface area contributed by atoms with Crippen molar-refractivity contribution in [2.45, 2.75) is 11.7 Å². The molecule has 2 amide bonds. The van der Waals surface area contributed by atoms with Gasteiger partial charge in [-0.25, -0.2) is 4.99 Å². The van der Waals surface area contributed by atoms with Gasteiger partial charge in [-0.05, 0) is 23.6 Å². The van der Waals surface area contributed by atoms with E-state index in [1.807, 2.05) is 72.8 Å². The Bertz CT molecular complexity index is 1120. The summed E-state index contributed by atoms with van der Waals surface area (Å²) in [6.45, 7) is 4.11. The van der Waals surface area contributed by atoms with E-state index in [9.17, 15) is 9.59 Å². The normalized spacial score (nSPS) is 17.5. The van der Waals surface area contributed by atoms with Crippen LogP contribution in [0.15, 0.2) is 90.4 Å². The molecule has 1 saturated heterocycles. The number of anilines is 1. The number of para-hydroxylation sites is 1. The monoisotopic (exact) mass is 415 g/mol. The number of nitrogens with one attached hydrogen (secondary N) is 1. The highest BCUT2D eigenvalue weighted by Gasteiger charge is 2.38. The van der Waals surface area contributed by atoms with E-state index in [1.54, 1.807) is 11.0 Å². The smallest absolute Gasteiger partial charge is 0.242 e. The maximum absolute atomic E-state index is 12.9. The summed E-state index contributed by atoms with van der Waals surface area (Å²) in [4.78, 5) is 31.8. The molecule has 1 fully saturated rings. The summed E-state index contributed by atoms with van der Waals surface area (Å²) < 4.78 is 0. The Kier molecular flexibility index (Phi) is 5.95. The third-order valence-electron chi connectivity index (χ3n) is 4.74. The lowest BCUT2D eigenvalue weighted by atomic mass is 10.1. The Morgan fingerprint density at radius 1 is 1.07 bits per heavy atom. The van der Waals surface area contributed by atoms with Gasteiger partial charge in [-0.1, -0.05) is 72.4 Å². The average molecular weight is 416 g/mol. The molecule has 1 heterocycles. The second-order valence-corrected chi connectivity index (χ2v) is 8.02. The van der Waals surface area contributed by atoms with E-state index in [0.29, 0.717) is 17.4 Å². The number of nitrogens with zero attached hydrogens (tertiary/aromatic N) is 2. The molecule has 4 rings (SSSR count). The first kappa shape index (κ1) is 19.9. The van der Waals surface area contributed by atoms with Gasteiger partial charge < -0.3 is 5.32 Å². The number of amidine groups is 1. The molecule has 30 heavy (non-hydrogen) atoms. The van der Waals surface area contributed by atoms with Crippen molar-refractivity contribution < 1.29 is 9.59 Å². The van der Waals surface area contributed by atoms with Crippen LogP contribution in [-0.4, -0.2) is 33.7 Å². The quantitative estimate of drug-likeness (QED) is 0.577. The lowest BCUT2D eigenvalue weighted by Gasteiger charge is -2.14. The van der Waals surface area contributed by atoms with Gasteiger partial charge in [0.2, 0.25) is 11.8 Å². The molecule has 150 valence electrons. The molecule has 0 saturated carbocycles. The van der Waals surface area contributed by atoms with Crippen molar-refractivity contribution in [3.8, 4) is 0 Å². The zero-order chi connectivity index (χ0) is 20.9. The first-order valence-corrected chi connectivity index (χ1v) is 10.5. The van der Waals surface area contributed by atoms with Crippen molar-refractivity contribution in [2.24, 2.45) is 4.99 Å². The van der Waals surface area contributed by atoms with Crippen molar-refractivity contribution in [3.63, 3.8) is 0 Å². The molecule has 6 heteroatoms. The largest absolute Gasteiger partial charge is 0.326 e. The van der Waals surface area contributed by atoms with Gasteiger partial charge in [0, 0.05) is 24.0 Å². The zero-order valence-corrected chi connectivity index (χ0v) is 17.1. The van der Waals surface area contributed by atoms with Crippen molar-refractivity contribution in [1.29, 1.82) is 0 Å². The fourth-order valence-corrected chi connectivity index (χ4v) is 4.49. The number of aliphatic imine (C=N–C) groups is 1. The summed E-state index contributed by atoms with van der Waals surface area (Å²) in [7, 11) is 0. The summed E-state index contributed by atoms with van der Waals surface area (Å²) in [5, 5.41) is 5.03. The Hall–Kier alpha value is -3.38. The highest BCUT2D eigenvalue weighted by molar-refractivity contribution is 8.15. The number of hydrogen-bond donors (Lipinski definition) is 1. The second-order valence-electron chi connectivity index (χ2n) is 6.85. The van der Waals surface area contributed by atoms with Gasteiger partial charge in [-0.3, -0.25) is 14.5 Å². The number of thioether (sulfide) groups is 1. The minimum Gasteiger partial charge on any atom is -0.326 e. The molecular weight excluding hydrogens is 394 g/mol. The fourth-order valence-electron chi connectivity index (χ4n) is 3.33. The molecule has 1 aliphatic heterocycles. The van der Waals surface area contributed by atoms with Crippen LogP contribution in [0.2, 0.25) is 0 Å². The SMILES string of the molecule is C=CCN1C(=O)[C@H](CC(=O)Nc2ccccc2)SC1=Nc1cccc2ccccc12. The molecule has 3 aromatic carbocycles. The van der Waals surface area contributed by atoms with Gasteiger partial charge in [-0.2, -0.15) is 0 Å². The first-order chi connectivity index (χ1) is 14.7. The van der Waals surface area contributed by atoms with Crippen LogP contribution in [0, 0.1) is 0 Å². The standard InChI is InChI=1S/C24H21N3O2S/c1-2-15-27-23(29)21(16-22(28)25-18-11-4-3-5-12-18)30-24(27)26-20-14-8-10-17-9-6-7-13-19(17)20/h2-14,21H,1,15-16H2,(H,25,28)/t21-/m0/s1. The average Bonchev–Trinajstić information content (AvgIpc) is 3.04. The van der Waals surface area contributed by atoms with Crippen LogP contribution in [-0.2, 0) is 9.59 Å². The van der Waals surface area contributed by atoms with Crippen molar-refractivity contribution >= 4 is 50.9 Å². The summed E-state index contributed by atoms with van der Waals surface area (Å²) in [6, 6.07) is 23.1. The van der Waals surface area contributed by atoms with Gasteiger partial charge in [-0.15, -0.1) is 6.58 Å². The maximum atomic E-state index is 12.9. The molecule has 0 unspecified atom stereocenters. The van der Waals surface area contributed by atoms with Crippen LogP contribution in [0.3, 0.4) is 0 Å². The molecule has 1 atom stereocenters. The lowest BCUT2D eigenvalue weighted by Crippen LogP contribution is -2.33. The summed E-state index contributed by atoms with van der Waals surface area (Å²) >= 11 is 1.33. The maximum Gasteiger partial charge on any atom is 0.242 e. The highest BCUT2D eigenvalue weighted by Crippen LogP contribution is 2.34. The van der Waals surface area contributed by atoms with Gasteiger partial charge in [0.1, 0.15) is 5.25 Å². The number of rotatable bonds is 6. The van der Waals surface area contributed by atoms with Crippen molar-refractivity contribution in [1.82, 2.24) is 4.90 Å². The minimum atomic E-state index is -0.512. The Balaban J connectivity index is 1.57. The van der Waals surface area contributed by atoms with Gasteiger partial charge in [0.05, 0.1) is 5.69 Å². The summed E-state index contributed by atoms with van der Waals surface area (Å²) in [5.41, 5.74) is 1.51. The highest BCUT2D eigenvalue weighted by atomic mass is 32.2. The van der Waals surface area contributed by atoms with E-state index >= 15 is 0 Å². The number of hydrogen-bond acceptors (Lipinski definition) is 4. The second kappa shape index (κ2) is 8.97. The van der Waals surface area contributed by atoms with Crippen molar-refractivity contribution in [2.75, 3.05) is 11.9 Å². The van der Waals surface area contributed by atoms with E-state index in [4.69, 9.17) is 4.99 Å². The van der Waals surface area contributed by atoms with Crippen LogP contribution in [0.1, 0.15) is 6.42 Å². The topological polar surface area (TPSA) is 61.8 Å². The molecule has 1 aliphatic rings. The fraction of sp³-hybridized carbons (Fsp3) is 0.125. The van der Waals surface area contributed by atoms with E-state index in [-0.39, 0.29) is 18.2 Å². The predicted octanol–water partition coefficient (Wildman–Crippen LogP) is 4.99. The van der Waals surface area contributed by atoms with E-state index in [2.05, 4.69) is 11.9 Å². The van der Waals surface area contributed by atoms with Gasteiger partial charge >= 0.3 is 0 Å². The zero-order valence-electron chi connectivity index (χ0n) is 16.3. The molecule has 1 N–H and O–H groups in total. The van der Waals surface area contributed by atoms with E-state index < -0.39 is 5.25 Å². The molecule has 0 radical (unpaired) electrons. The number of carbonyl (C=O) groups is 2. The summed E-state index contributed by atoms with van der Waals surface area (Å²) in [5.74, 6) is -0.320. The third-order valence-corrected chi connectivity index (χ3v) is 5.92. The summed E-state index contributed by atoms with van der Waals surface area (Å²) in [6.07, 6.45) is 1.75. The van der Waals surface area contributed by atoms with Crippen molar-refractivity contribution in [3.05, 3.63) is 85.5 Å². The third kappa shape index (κ3) is 4.28. The van der Waals surface area contributed by atoms with E-state index in [1.165, 1.54) is 11.8 Å². The molecule has 0 aliphatic carbocycles. The number of amides is 2. The molecular formula is C24H21N3O2S. The Morgan fingerprint density at radius 3 is 2.60 bits per heavy atom. The van der Waals surface area contributed by atoms with Crippen LogP contribution in [0.4, 0.5) is 11.4 Å². The number of carbonyl (C=O) groups excluding carboxylic acids is 2.